The third-order valence-corrected chi connectivity index (χ3v) is 5.86. The summed E-state index contributed by atoms with van der Waals surface area (Å²) in [7, 11) is -1.82. The Morgan fingerprint density at radius 1 is 1.26 bits per heavy atom. The largest absolute Gasteiger partial charge is 0.481 e. The van der Waals surface area contributed by atoms with Gasteiger partial charge in [-0.1, -0.05) is 12.8 Å². The van der Waals surface area contributed by atoms with Gasteiger partial charge in [0.05, 0.1) is 18.0 Å². The summed E-state index contributed by atoms with van der Waals surface area (Å²) in [6, 6.07) is 6.58. The molecular formula is C19H30N2O5S. The van der Waals surface area contributed by atoms with Crippen LogP contribution in [0.1, 0.15) is 39.0 Å². The summed E-state index contributed by atoms with van der Waals surface area (Å²) in [4.78, 5) is 12.1. The molecule has 8 heteroatoms. The maximum Gasteiger partial charge on any atom is 0.260 e. The lowest BCUT2D eigenvalue weighted by atomic mass is 10.3. The van der Waals surface area contributed by atoms with Crippen molar-refractivity contribution in [3.8, 4) is 5.75 Å². The molecule has 1 amide bonds. The summed E-state index contributed by atoms with van der Waals surface area (Å²) in [5, 5.41) is 2.85. The van der Waals surface area contributed by atoms with Gasteiger partial charge in [0, 0.05) is 20.2 Å². The Labute approximate surface area is 162 Å². The van der Waals surface area contributed by atoms with Crippen molar-refractivity contribution in [2.24, 2.45) is 0 Å². The standard InChI is InChI=1S/C19H30N2O5S/c1-15(19(22)20-13-6-14-25-17-7-4-5-8-17)26-18-11-9-16(10-12-18)21(2)27(3,23)24/h9-12,15,17H,4-8,13-14H2,1-3H3,(H,20,22). The number of nitrogens with zero attached hydrogens (tertiary/aromatic N) is 1. The highest BCUT2D eigenvalue weighted by Gasteiger charge is 2.17. The van der Waals surface area contributed by atoms with E-state index in [0.717, 1.165) is 25.5 Å². The van der Waals surface area contributed by atoms with Crippen LogP contribution in [0.25, 0.3) is 0 Å². The first-order valence-electron chi connectivity index (χ1n) is 9.37. The maximum absolute atomic E-state index is 12.1. The van der Waals surface area contributed by atoms with Crippen molar-refractivity contribution < 1.29 is 22.7 Å². The minimum absolute atomic E-state index is 0.187. The van der Waals surface area contributed by atoms with E-state index in [2.05, 4.69) is 5.32 Å². The molecule has 1 aromatic rings. The highest BCUT2D eigenvalue weighted by molar-refractivity contribution is 7.92. The maximum atomic E-state index is 12.1. The summed E-state index contributed by atoms with van der Waals surface area (Å²) in [5.41, 5.74) is 0.532. The lowest BCUT2D eigenvalue weighted by molar-refractivity contribution is -0.127. The van der Waals surface area contributed by atoms with Crippen molar-refractivity contribution in [1.29, 1.82) is 0 Å². The normalized spacial score (nSPS) is 16.1. The molecule has 0 spiro atoms. The lowest BCUT2D eigenvalue weighted by Crippen LogP contribution is -2.37. The number of sulfonamides is 1. The zero-order valence-electron chi connectivity index (χ0n) is 16.3. The van der Waals surface area contributed by atoms with Gasteiger partial charge in [-0.15, -0.1) is 0 Å². The van der Waals surface area contributed by atoms with Gasteiger partial charge in [-0.3, -0.25) is 9.10 Å². The van der Waals surface area contributed by atoms with Crippen LogP contribution in [0.2, 0.25) is 0 Å². The Hall–Kier alpha value is -1.80. The van der Waals surface area contributed by atoms with Gasteiger partial charge in [0.1, 0.15) is 5.75 Å². The number of benzene rings is 1. The molecule has 1 aliphatic carbocycles. The fourth-order valence-corrected chi connectivity index (χ4v) is 3.42. The van der Waals surface area contributed by atoms with E-state index < -0.39 is 16.1 Å². The SMILES string of the molecule is CC(Oc1ccc(N(C)S(C)(=O)=O)cc1)C(=O)NCCCOC1CCCC1. The predicted molar refractivity (Wildman–Crippen MR) is 106 cm³/mol. The highest BCUT2D eigenvalue weighted by atomic mass is 32.2. The van der Waals surface area contributed by atoms with Gasteiger partial charge >= 0.3 is 0 Å². The van der Waals surface area contributed by atoms with E-state index in [-0.39, 0.29) is 5.91 Å². The van der Waals surface area contributed by atoms with Crippen LogP contribution in [0, 0.1) is 0 Å². The fraction of sp³-hybridized carbons (Fsp3) is 0.632. The molecule has 152 valence electrons. The molecular weight excluding hydrogens is 368 g/mol. The minimum Gasteiger partial charge on any atom is -0.481 e. The van der Waals surface area contributed by atoms with Crippen LogP contribution in [0.4, 0.5) is 5.69 Å². The first kappa shape index (κ1) is 21.5. The number of hydrogen-bond donors (Lipinski definition) is 1. The van der Waals surface area contributed by atoms with Crippen LogP contribution in [-0.4, -0.2) is 53.0 Å². The molecule has 0 bridgehead atoms. The van der Waals surface area contributed by atoms with Crippen LogP contribution in [0.15, 0.2) is 24.3 Å². The van der Waals surface area contributed by atoms with Crippen LogP contribution in [0.5, 0.6) is 5.75 Å². The molecule has 2 rings (SSSR count). The Morgan fingerprint density at radius 3 is 2.48 bits per heavy atom. The van der Waals surface area contributed by atoms with Crippen molar-refractivity contribution in [2.45, 2.75) is 51.2 Å². The number of hydrogen-bond acceptors (Lipinski definition) is 5. The van der Waals surface area contributed by atoms with E-state index in [1.54, 1.807) is 31.2 Å². The molecule has 0 aliphatic heterocycles. The number of carbonyl (C=O) groups is 1. The minimum atomic E-state index is -3.31. The average Bonchev–Trinajstić information content (AvgIpc) is 3.14. The smallest absolute Gasteiger partial charge is 0.260 e. The van der Waals surface area contributed by atoms with Crippen molar-refractivity contribution in [3.05, 3.63) is 24.3 Å². The molecule has 27 heavy (non-hydrogen) atoms. The summed E-state index contributed by atoms with van der Waals surface area (Å²) in [6.07, 6.45) is 6.48. The molecule has 0 heterocycles. The van der Waals surface area contributed by atoms with Crippen molar-refractivity contribution in [3.63, 3.8) is 0 Å². The summed E-state index contributed by atoms with van der Waals surface area (Å²) >= 11 is 0. The number of ether oxygens (including phenoxy) is 2. The van der Waals surface area contributed by atoms with Crippen LogP contribution in [0.3, 0.4) is 0 Å². The number of rotatable bonds is 10. The van der Waals surface area contributed by atoms with Gasteiger partial charge in [0.15, 0.2) is 6.10 Å². The molecule has 1 aromatic carbocycles. The molecule has 1 saturated carbocycles. The topological polar surface area (TPSA) is 84.9 Å². The van der Waals surface area contributed by atoms with E-state index in [1.807, 2.05) is 0 Å². The highest BCUT2D eigenvalue weighted by Crippen LogP contribution is 2.21. The van der Waals surface area contributed by atoms with Crippen molar-refractivity contribution in [1.82, 2.24) is 5.32 Å². The fourth-order valence-electron chi connectivity index (χ4n) is 2.92. The van der Waals surface area contributed by atoms with Gasteiger partial charge in [-0.2, -0.15) is 0 Å². The summed E-state index contributed by atoms with van der Waals surface area (Å²) < 4.78 is 35.6. The molecule has 7 nitrogen and oxygen atoms in total. The Kier molecular flexibility index (Phi) is 7.91. The van der Waals surface area contributed by atoms with Gasteiger partial charge in [0.25, 0.3) is 5.91 Å². The van der Waals surface area contributed by atoms with Crippen molar-refractivity contribution >= 4 is 21.6 Å². The third kappa shape index (κ3) is 7.03. The molecule has 1 fully saturated rings. The van der Waals surface area contributed by atoms with E-state index in [4.69, 9.17) is 9.47 Å². The summed E-state index contributed by atoms with van der Waals surface area (Å²) in [6.45, 7) is 2.90. The zero-order valence-corrected chi connectivity index (χ0v) is 17.1. The quantitative estimate of drug-likeness (QED) is 0.612. The predicted octanol–water partition coefficient (Wildman–Crippen LogP) is 2.32. The Morgan fingerprint density at radius 2 is 1.89 bits per heavy atom. The molecule has 1 unspecified atom stereocenters. The first-order valence-corrected chi connectivity index (χ1v) is 11.2. The second-order valence-corrected chi connectivity index (χ2v) is 8.92. The van der Waals surface area contributed by atoms with E-state index in [9.17, 15) is 13.2 Å². The molecule has 1 aliphatic rings. The molecule has 0 aromatic heterocycles. The second kappa shape index (κ2) is 9.94. The monoisotopic (exact) mass is 398 g/mol. The number of carbonyl (C=O) groups excluding carboxylic acids is 1. The van der Waals surface area contributed by atoms with E-state index in [1.165, 1.54) is 24.2 Å². The van der Waals surface area contributed by atoms with Gasteiger partial charge < -0.3 is 14.8 Å². The molecule has 1 N–H and O–H groups in total. The Balaban J connectivity index is 1.70. The van der Waals surface area contributed by atoms with Crippen molar-refractivity contribution in [2.75, 3.05) is 30.8 Å². The first-order chi connectivity index (χ1) is 12.8. The number of anilines is 1. The number of nitrogens with one attached hydrogen (secondary N) is 1. The molecule has 0 radical (unpaired) electrons. The van der Waals surface area contributed by atoms with Crippen LogP contribution in [-0.2, 0) is 19.6 Å². The van der Waals surface area contributed by atoms with Crippen LogP contribution >= 0.6 is 0 Å². The zero-order chi connectivity index (χ0) is 19.9. The second-order valence-electron chi connectivity index (χ2n) is 6.91. The average molecular weight is 399 g/mol. The molecule has 0 saturated heterocycles. The van der Waals surface area contributed by atoms with E-state index >= 15 is 0 Å². The lowest BCUT2D eigenvalue weighted by Gasteiger charge is -2.18. The van der Waals surface area contributed by atoms with Gasteiger partial charge in [0.2, 0.25) is 10.0 Å². The third-order valence-electron chi connectivity index (χ3n) is 4.66. The number of amides is 1. The Bertz CT molecular complexity index is 699. The van der Waals surface area contributed by atoms with Crippen LogP contribution < -0.4 is 14.4 Å². The molecule has 1 atom stereocenters. The summed E-state index contributed by atoms with van der Waals surface area (Å²) in [5.74, 6) is 0.320. The van der Waals surface area contributed by atoms with Gasteiger partial charge in [-0.05, 0) is 50.5 Å². The van der Waals surface area contributed by atoms with Gasteiger partial charge in [-0.25, -0.2) is 8.42 Å². The van der Waals surface area contributed by atoms with E-state index in [0.29, 0.717) is 30.7 Å².